The van der Waals surface area contributed by atoms with Crippen molar-refractivity contribution in [3.05, 3.63) is 29.1 Å². The molecule has 0 heterocycles. The maximum atomic E-state index is 12.6. The highest BCUT2D eigenvalue weighted by atomic mass is 19.2. The SMILES string of the molecule is CCCC[N+](CCCC)(CCCC)CCCC.CCCC[N+](CCCC)(CCCC)CCCC.[O-]B([O-])Oc1c(F)c(F)c(F)c(F)c1F. The topological polar surface area (TPSA) is 55.3 Å². The molecule has 0 aliphatic heterocycles. The molecule has 49 heavy (non-hydrogen) atoms. The molecule has 0 saturated carbocycles. The molecule has 0 aromatic heterocycles. The van der Waals surface area contributed by atoms with Gasteiger partial charge >= 0.3 is 0 Å². The standard InChI is InChI=1S/2C16H36N.C6BF5O3/c2*1-5-9-13-17(14-10-6-2,15-11-7-3)16-12-8-4;8-1-2(9)4(11)6(15-7(13)14)5(12)3(1)10/h2*5-16H2,1-4H3;/q2*+1;-2. The van der Waals surface area contributed by atoms with E-state index in [0.29, 0.717) is 0 Å². The Morgan fingerprint density at radius 3 is 0.735 bits per heavy atom. The van der Waals surface area contributed by atoms with E-state index in [1.165, 1.54) is 164 Å². The van der Waals surface area contributed by atoms with Crippen molar-refractivity contribution in [2.75, 3.05) is 52.4 Å². The highest BCUT2D eigenvalue weighted by Gasteiger charge is 2.27. The number of benzene rings is 1. The van der Waals surface area contributed by atoms with E-state index in [-0.39, 0.29) is 0 Å². The zero-order valence-electron chi connectivity index (χ0n) is 32.6. The zero-order valence-corrected chi connectivity index (χ0v) is 32.6. The van der Waals surface area contributed by atoms with E-state index < -0.39 is 42.2 Å². The second kappa shape index (κ2) is 30.2. The summed E-state index contributed by atoms with van der Waals surface area (Å²) in [5, 5.41) is 19.7. The van der Waals surface area contributed by atoms with Crippen molar-refractivity contribution in [2.45, 2.75) is 158 Å². The van der Waals surface area contributed by atoms with Crippen LogP contribution in [0.15, 0.2) is 0 Å². The quantitative estimate of drug-likeness (QED) is 0.0317. The lowest BCUT2D eigenvalue weighted by atomic mass is 10.1. The molecule has 0 fully saturated rings. The lowest BCUT2D eigenvalue weighted by Crippen LogP contribution is -2.50. The summed E-state index contributed by atoms with van der Waals surface area (Å²) >= 11 is 0. The first kappa shape index (κ1) is 49.7. The Hall–Kier alpha value is -1.43. The third-order valence-electron chi connectivity index (χ3n) is 9.27. The number of halogens is 5. The summed E-state index contributed by atoms with van der Waals surface area (Å²) in [6.07, 6.45) is 22.1. The molecule has 0 amide bonds. The number of unbranched alkanes of at least 4 members (excludes halogenated alkanes) is 8. The van der Waals surface area contributed by atoms with E-state index in [4.69, 9.17) is 0 Å². The lowest BCUT2D eigenvalue weighted by Gasteiger charge is -2.39. The maximum Gasteiger partial charge on any atom is 0.205 e. The predicted molar refractivity (Wildman–Crippen MR) is 191 cm³/mol. The average Bonchev–Trinajstić information content (AvgIpc) is 3.11. The average molecular weight is 711 g/mol. The molecule has 0 radical (unpaired) electrons. The summed E-state index contributed by atoms with van der Waals surface area (Å²) in [5.41, 5.74) is 0. The van der Waals surface area contributed by atoms with E-state index in [2.05, 4.69) is 60.0 Å². The molecule has 0 spiro atoms. The largest absolute Gasteiger partial charge is 0.860 e. The maximum absolute atomic E-state index is 12.6. The van der Waals surface area contributed by atoms with Crippen LogP contribution in [0.5, 0.6) is 5.75 Å². The van der Waals surface area contributed by atoms with Gasteiger partial charge in [0.25, 0.3) is 0 Å². The summed E-state index contributed by atoms with van der Waals surface area (Å²) in [6, 6.07) is 0. The Kier molecular flexibility index (Phi) is 30.6. The molecular formula is C38H72BF5N2O3. The van der Waals surface area contributed by atoms with Crippen LogP contribution in [0.3, 0.4) is 0 Å². The molecule has 0 bridgehead atoms. The third-order valence-corrected chi connectivity index (χ3v) is 9.27. The van der Waals surface area contributed by atoms with E-state index in [0.717, 1.165) is 0 Å². The van der Waals surface area contributed by atoms with E-state index in [1.807, 2.05) is 0 Å². The number of hydrogen-bond donors (Lipinski definition) is 0. The predicted octanol–water partition coefficient (Wildman–Crippen LogP) is 9.47. The van der Waals surface area contributed by atoms with Gasteiger partial charge < -0.3 is 23.7 Å². The van der Waals surface area contributed by atoms with Gasteiger partial charge in [0, 0.05) is 0 Å². The van der Waals surface area contributed by atoms with Crippen LogP contribution in [0.2, 0.25) is 0 Å². The van der Waals surface area contributed by atoms with Gasteiger partial charge in [-0.25, -0.2) is 13.2 Å². The highest BCUT2D eigenvalue weighted by molar-refractivity contribution is 6.29. The van der Waals surface area contributed by atoms with Crippen LogP contribution in [-0.4, -0.2) is 68.6 Å². The minimum Gasteiger partial charge on any atom is -0.860 e. The van der Waals surface area contributed by atoms with Gasteiger partial charge in [0.1, 0.15) is 7.32 Å². The fraction of sp³-hybridized carbons (Fsp3) is 0.842. The third kappa shape index (κ3) is 20.9. The second-order valence-corrected chi connectivity index (χ2v) is 13.6. The van der Waals surface area contributed by atoms with Crippen molar-refractivity contribution in [1.29, 1.82) is 0 Å². The molecule has 0 aliphatic rings. The Labute approximate surface area is 298 Å². The molecule has 0 aliphatic carbocycles. The molecule has 1 rings (SSSR count). The van der Waals surface area contributed by atoms with Gasteiger partial charge in [-0.05, 0) is 51.4 Å². The Morgan fingerprint density at radius 2 is 0.571 bits per heavy atom. The number of hydrogen-bond acceptors (Lipinski definition) is 3. The monoisotopic (exact) mass is 711 g/mol. The van der Waals surface area contributed by atoms with Crippen molar-refractivity contribution in [3.63, 3.8) is 0 Å². The summed E-state index contributed by atoms with van der Waals surface area (Å²) in [4.78, 5) is 0. The van der Waals surface area contributed by atoms with Crippen LogP contribution in [0.4, 0.5) is 22.0 Å². The second-order valence-electron chi connectivity index (χ2n) is 13.6. The fourth-order valence-corrected chi connectivity index (χ4v) is 6.07. The van der Waals surface area contributed by atoms with Crippen LogP contribution in [0.25, 0.3) is 0 Å². The van der Waals surface area contributed by atoms with E-state index >= 15 is 0 Å². The Morgan fingerprint density at radius 1 is 0.388 bits per heavy atom. The van der Waals surface area contributed by atoms with Crippen LogP contribution in [0, 0.1) is 29.1 Å². The van der Waals surface area contributed by atoms with Crippen molar-refractivity contribution in [2.24, 2.45) is 0 Å². The smallest absolute Gasteiger partial charge is 0.205 e. The Bertz CT molecular complexity index is 803. The first-order valence-corrected chi connectivity index (χ1v) is 19.5. The molecule has 1 aromatic rings. The molecule has 11 heteroatoms. The first-order chi connectivity index (χ1) is 23.3. The van der Waals surface area contributed by atoms with Crippen LogP contribution >= 0.6 is 0 Å². The van der Waals surface area contributed by atoms with Crippen molar-refractivity contribution >= 4 is 7.32 Å². The summed E-state index contributed by atoms with van der Waals surface area (Å²) in [6.45, 7) is 30.0. The molecule has 290 valence electrons. The molecule has 0 saturated heterocycles. The minimum absolute atomic E-state index is 1.35. The van der Waals surface area contributed by atoms with E-state index in [9.17, 15) is 32.0 Å². The Balaban J connectivity index is 0. The lowest BCUT2D eigenvalue weighted by molar-refractivity contribution is -0.929. The fourth-order valence-electron chi connectivity index (χ4n) is 6.07. The number of nitrogens with zero attached hydrogens (tertiary/aromatic N) is 2. The van der Waals surface area contributed by atoms with Crippen LogP contribution in [-0.2, 0) is 0 Å². The van der Waals surface area contributed by atoms with Gasteiger partial charge in [-0.1, -0.05) is 107 Å². The van der Waals surface area contributed by atoms with E-state index in [1.54, 1.807) is 0 Å². The molecular weight excluding hydrogens is 638 g/mol. The van der Waals surface area contributed by atoms with Gasteiger partial charge in [0.05, 0.1) is 52.4 Å². The van der Waals surface area contributed by atoms with Gasteiger partial charge in [-0.2, -0.15) is 8.78 Å². The molecule has 0 N–H and O–H groups in total. The highest BCUT2D eigenvalue weighted by Crippen LogP contribution is 2.28. The normalized spacial score (nSPS) is 11.5. The van der Waals surface area contributed by atoms with Crippen LogP contribution < -0.4 is 14.7 Å². The molecule has 1 aromatic carbocycles. The van der Waals surface area contributed by atoms with Crippen molar-refractivity contribution in [3.8, 4) is 5.75 Å². The molecule has 0 atom stereocenters. The summed E-state index contributed by atoms with van der Waals surface area (Å²) in [7, 11) is -3.20. The summed E-state index contributed by atoms with van der Waals surface area (Å²) < 4.78 is 68.7. The number of quaternary nitrogens is 2. The minimum atomic E-state index is -3.20. The zero-order chi connectivity index (χ0) is 37.7. The van der Waals surface area contributed by atoms with Gasteiger partial charge in [-0.3, -0.25) is 0 Å². The van der Waals surface area contributed by atoms with Crippen molar-refractivity contribution < 1.29 is 45.6 Å². The van der Waals surface area contributed by atoms with Gasteiger partial charge in [-0.15, -0.1) is 0 Å². The van der Waals surface area contributed by atoms with Gasteiger partial charge in [0.2, 0.25) is 29.1 Å². The number of rotatable bonds is 26. The summed E-state index contributed by atoms with van der Waals surface area (Å²) in [5.74, 6) is -13.6. The first-order valence-electron chi connectivity index (χ1n) is 19.5. The van der Waals surface area contributed by atoms with Crippen molar-refractivity contribution in [1.82, 2.24) is 0 Å². The molecule has 0 unspecified atom stereocenters. The molecule has 5 nitrogen and oxygen atoms in total. The van der Waals surface area contributed by atoms with Crippen LogP contribution in [0.1, 0.15) is 158 Å². The van der Waals surface area contributed by atoms with Gasteiger partial charge in [0.15, 0.2) is 5.75 Å².